The highest BCUT2D eigenvalue weighted by molar-refractivity contribution is 6.23. The van der Waals surface area contributed by atoms with Crippen LogP contribution in [0.4, 0.5) is 5.69 Å². The largest absolute Gasteiger partial charge is 0.275 e. The summed E-state index contributed by atoms with van der Waals surface area (Å²) in [4.78, 5) is 24.3. The fraction of sp³-hybridized carbons (Fsp3) is 0. The van der Waals surface area contributed by atoms with Crippen LogP contribution in [0.25, 0.3) is 38.0 Å². The predicted molar refractivity (Wildman–Crippen MR) is 92.8 cm³/mol. The predicted octanol–water partition coefficient (Wildman–Crippen LogP) is 4.59. The quantitative estimate of drug-likeness (QED) is 0.335. The number of aromatic nitrogens is 1. The third-order valence-electron chi connectivity index (χ3n) is 4.54. The molecule has 0 fully saturated rings. The highest BCUT2D eigenvalue weighted by Crippen LogP contribution is 2.39. The maximum atomic E-state index is 13.0. The van der Waals surface area contributed by atoms with Gasteiger partial charge in [0.15, 0.2) is 0 Å². The van der Waals surface area contributed by atoms with E-state index in [9.17, 15) is 9.70 Å². The molecule has 0 aliphatic carbocycles. The second-order valence-electron chi connectivity index (χ2n) is 5.65. The standard InChI is InChI=1S/C19H10N2O2/c22-19-13-6-2-1-5-11(13)12-9-10-15(20-23)17-14-7-3-4-8-16(14)21(19)18(12)17/h1-10H. The van der Waals surface area contributed by atoms with E-state index in [1.807, 2.05) is 54.6 Å². The number of rotatable bonds is 1. The molecule has 5 aromatic rings. The van der Waals surface area contributed by atoms with Crippen molar-refractivity contribution in [2.24, 2.45) is 5.18 Å². The number of fused-ring (bicyclic) bond motifs is 5. The summed E-state index contributed by atoms with van der Waals surface area (Å²) in [6, 6.07) is 18.8. The van der Waals surface area contributed by atoms with Gasteiger partial charge in [-0.1, -0.05) is 36.4 Å². The zero-order valence-corrected chi connectivity index (χ0v) is 12.0. The van der Waals surface area contributed by atoms with Gasteiger partial charge in [0, 0.05) is 21.5 Å². The fourth-order valence-electron chi connectivity index (χ4n) is 3.61. The molecular weight excluding hydrogens is 288 g/mol. The van der Waals surface area contributed by atoms with E-state index in [4.69, 9.17) is 0 Å². The minimum absolute atomic E-state index is 0.0673. The van der Waals surface area contributed by atoms with E-state index in [0.717, 1.165) is 32.6 Å². The summed E-state index contributed by atoms with van der Waals surface area (Å²) >= 11 is 0. The van der Waals surface area contributed by atoms with Crippen molar-refractivity contribution < 1.29 is 0 Å². The van der Waals surface area contributed by atoms with Crippen molar-refractivity contribution >= 4 is 43.7 Å². The van der Waals surface area contributed by atoms with Crippen molar-refractivity contribution in [2.45, 2.75) is 0 Å². The van der Waals surface area contributed by atoms with Gasteiger partial charge in [-0.15, -0.1) is 4.91 Å². The first-order chi connectivity index (χ1) is 11.3. The summed E-state index contributed by atoms with van der Waals surface area (Å²) in [6.45, 7) is 0. The summed E-state index contributed by atoms with van der Waals surface area (Å²) < 4.78 is 1.71. The fourth-order valence-corrected chi connectivity index (χ4v) is 3.61. The van der Waals surface area contributed by atoms with E-state index < -0.39 is 0 Å². The van der Waals surface area contributed by atoms with Crippen molar-refractivity contribution in [3.05, 3.63) is 75.9 Å². The summed E-state index contributed by atoms with van der Waals surface area (Å²) in [5.41, 5.74) is 1.87. The van der Waals surface area contributed by atoms with Crippen LogP contribution in [0.15, 0.2) is 70.6 Å². The maximum absolute atomic E-state index is 13.0. The summed E-state index contributed by atoms with van der Waals surface area (Å²) in [6.07, 6.45) is 0. The Bertz CT molecular complexity index is 1300. The Kier molecular flexibility index (Phi) is 2.21. The van der Waals surface area contributed by atoms with Gasteiger partial charge in [-0.25, -0.2) is 0 Å². The molecule has 108 valence electrons. The first kappa shape index (κ1) is 12.3. The first-order valence-electron chi connectivity index (χ1n) is 7.35. The molecule has 2 heterocycles. The van der Waals surface area contributed by atoms with Gasteiger partial charge in [0.25, 0.3) is 5.56 Å². The third-order valence-corrected chi connectivity index (χ3v) is 4.54. The van der Waals surface area contributed by atoms with Gasteiger partial charge in [0.05, 0.1) is 11.0 Å². The summed E-state index contributed by atoms with van der Waals surface area (Å²) in [5.74, 6) is 0. The van der Waals surface area contributed by atoms with Crippen molar-refractivity contribution in [2.75, 3.05) is 0 Å². The van der Waals surface area contributed by atoms with Crippen LogP contribution in [-0.2, 0) is 0 Å². The molecule has 4 heteroatoms. The van der Waals surface area contributed by atoms with Crippen molar-refractivity contribution in [3.63, 3.8) is 0 Å². The van der Waals surface area contributed by atoms with Crippen molar-refractivity contribution in [3.8, 4) is 0 Å². The van der Waals surface area contributed by atoms with Gasteiger partial charge in [0.2, 0.25) is 0 Å². The van der Waals surface area contributed by atoms with E-state index >= 15 is 0 Å². The van der Waals surface area contributed by atoms with Crippen molar-refractivity contribution in [1.29, 1.82) is 0 Å². The van der Waals surface area contributed by atoms with E-state index in [2.05, 4.69) is 5.18 Å². The highest BCUT2D eigenvalue weighted by atomic mass is 16.3. The number of hydrogen-bond acceptors (Lipinski definition) is 3. The molecule has 0 radical (unpaired) electrons. The van der Waals surface area contributed by atoms with Gasteiger partial charge in [-0.3, -0.25) is 9.20 Å². The Balaban J connectivity index is 2.31. The van der Waals surface area contributed by atoms with E-state index in [0.29, 0.717) is 11.1 Å². The van der Waals surface area contributed by atoms with Crippen LogP contribution in [0, 0.1) is 4.91 Å². The Morgan fingerprint density at radius 1 is 0.739 bits per heavy atom. The van der Waals surface area contributed by atoms with Crippen LogP contribution in [0.3, 0.4) is 0 Å². The van der Waals surface area contributed by atoms with Gasteiger partial charge < -0.3 is 0 Å². The number of hydrogen-bond donors (Lipinski definition) is 0. The lowest BCUT2D eigenvalue weighted by molar-refractivity contribution is 1.21. The average molecular weight is 298 g/mol. The van der Waals surface area contributed by atoms with Crippen LogP contribution < -0.4 is 5.56 Å². The van der Waals surface area contributed by atoms with Gasteiger partial charge in [0.1, 0.15) is 5.69 Å². The summed E-state index contributed by atoms with van der Waals surface area (Å²) in [5, 5.41) is 7.32. The third kappa shape index (κ3) is 1.38. The molecule has 0 unspecified atom stereocenters. The lowest BCUT2D eigenvalue weighted by Crippen LogP contribution is -2.12. The average Bonchev–Trinajstić information content (AvgIpc) is 2.96. The zero-order chi connectivity index (χ0) is 15.6. The highest BCUT2D eigenvalue weighted by Gasteiger charge is 2.19. The van der Waals surface area contributed by atoms with Crippen LogP contribution in [0.2, 0.25) is 0 Å². The molecule has 2 aromatic heterocycles. The Morgan fingerprint density at radius 3 is 2.22 bits per heavy atom. The van der Waals surface area contributed by atoms with E-state index in [1.165, 1.54) is 0 Å². The number of para-hydroxylation sites is 1. The molecule has 0 aliphatic rings. The number of nitroso groups, excluding NO2 is 1. The molecule has 0 bridgehead atoms. The maximum Gasteiger partial charge on any atom is 0.263 e. The number of pyridine rings is 1. The van der Waals surface area contributed by atoms with Crippen LogP contribution in [0.5, 0.6) is 0 Å². The van der Waals surface area contributed by atoms with Gasteiger partial charge in [-0.2, -0.15) is 0 Å². The molecular formula is C19H10N2O2. The van der Waals surface area contributed by atoms with Gasteiger partial charge >= 0.3 is 0 Å². The molecule has 0 saturated carbocycles. The first-order valence-corrected chi connectivity index (χ1v) is 7.35. The molecule has 0 N–H and O–H groups in total. The molecule has 3 aromatic carbocycles. The van der Waals surface area contributed by atoms with Crippen LogP contribution in [-0.4, -0.2) is 4.40 Å². The number of benzene rings is 3. The van der Waals surface area contributed by atoms with E-state index in [-0.39, 0.29) is 5.56 Å². The van der Waals surface area contributed by atoms with E-state index in [1.54, 1.807) is 10.5 Å². The van der Waals surface area contributed by atoms with Crippen LogP contribution >= 0.6 is 0 Å². The Hall–Kier alpha value is -3.27. The second kappa shape index (κ2) is 4.14. The minimum atomic E-state index is -0.0673. The monoisotopic (exact) mass is 298 g/mol. The molecule has 0 amide bonds. The Labute approximate surface area is 129 Å². The van der Waals surface area contributed by atoms with Crippen LogP contribution in [0.1, 0.15) is 0 Å². The second-order valence-corrected chi connectivity index (χ2v) is 5.65. The molecule has 0 atom stereocenters. The normalized spacial score (nSPS) is 11.8. The lowest BCUT2D eigenvalue weighted by atomic mass is 10.0. The smallest absolute Gasteiger partial charge is 0.263 e. The molecule has 5 rings (SSSR count). The molecule has 0 spiro atoms. The SMILES string of the molecule is O=Nc1ccc2c3ccccc3c(=O)n3c4ccccc4c1c23. The Morgan fingerprint density at radius 2 is 1.43 bits per heavy atom. The molecule has 0 saturated heterocycles. The molecule has 23 heavy (non-hydrogen) atoms. The summed E-state index contributed by atoms with van der Waals surface area (Å²) in [7, 11) is 0. The topological polar surface area (TPSA) is 50.9 Å². The molecule has 4 nitrogen and oxygen atoms in total. The zero-order valence-electron chi connectivity index (χ0n) is 12.0. The van der Waals surface area contributed by atoms with Crippen molar-refractivity contribution in [1.82, 2.24) is 4.40 Å². The molecule has 0 aliphatic heterocycles. The lowest BCUT2D eigenvalue weighted by Gasteiger charge is -2.06. The van der Waals surface area contributed by atoms with Gasteiger partial charge in [-0.05, 0) is 34.8 Å². The minimum Gasteiger partial charge on any atom is -0.275 e. The number of nitrogens with zero attached hydrogens (tertiary/aromatic N) is 2.